The zero-order chi connectivity index (χ0) is 37.5. The lowest BCUT2D eigenvalue weighted by Crippen LogP contribution is -2.19. The molecular weight excluding hydrogens is 685 g/mol. The van der Waals surface area contributed by atoms with Crippen LogP contribution < -0.4 is 21.3 Å². The molecule has 14 heteroatoms. The van der Waals surface area contributed by atoms with Crippen molar-refractivity contribution in [2.75, 3.05) is 36.9 Å². The maximum atomic E-state index is 12.2. The van der Waals surface area contributed by atoms with Crippen LogP contribution in [-0.4, -0.2) is 58.4 Å². The number of aromatic nitrogens is 4. The van der Waals surface area contributed by atoms with E-state index in [0.29, 0.717) is 62.0 Å². The van der Waals surface area contributed by atoms with E-state index in [9.17, 15) is 9.59 Å². The van der Waals surface area contributed by atoms with E-state index in [0.717, 1.165) is 44.7 Å². The molecule has 0 fully saturated rings. The first-order valence-corrected chi connectivity index (χ1v) is 17.7. The highest BCUT2D eigenvalue weighted by Gasteiger charge is 2.08. The number of nitrogens with zero attached hydrogens (tertiary/aromatic N) is 6. The molecule has 4 heterocycles. The molecule has 0 saturated heterocycles. The minimum absolute atomic E-state index is 0.280. The minimum atomic E-state index is -0.546. The molecule has 6 rings (SSSR count). The summed E-state index contributed by atoms with van der Waals surface area (Å²) in [4.78, 5) is 41.8. The molecule has 6 aromatic rings. The zero-order valence-corrected chi connectivity index (χ0v) is 30.2. The third-order valence-electron chi connectivity index (χ3n) is 8.12. The van der Waals surface area contributed by atoms with E-state index in [2.05, 4.69) is 51.4 Å². The van der Waals surface area contributed by atoms with E-state index in [-0.39, 0.29) is 13.2 Å². The van der Waals surface area contributed by atoms with Crippen molar-refractivity contribution in [3.63, 3.8) is 0 Å². The molecular formula is C40H42N10O4. The van der Waals surface area contributed by atoms with Crippen molar-refractivity contribution in [3.05, 3.63) is 120 Å². The standard InChI is InChI=1S/C40H42N10O4/c1-27-5-11-31-13-19-35(45-37(31)43-27)47-39(51)53-23-3-21-41-25-29-7-15-33(16-8-29)49-50-34-17-9-30(10-18-34)26-42-22-4-24-54-40(52)48-36-20-14-32-12-6-28(2)44-38(32)46-36/h5-20,41-42H,3-4,21-26H2,1-2H3,(H,43,45,47,51)(H,44,46,48,52). The number of ether oxygens (including phenoxy) is 2. The number of pyridine rings is 4. The van der Waals surface area contributed by atoms with Crippen molar-refractivity contribution in [2.24, 2.45) is 10.2 Å². The number of rotatable bonds is 16. The summed E-state index contributed by atoms with van der Waals surface area (Å²) >= 11 is 0. The number of benzene rings is 2. The maximum Gasteiger partial charge on any atom is 0.412 e. The number of azo groups is 1. The number of carbonyl (C=O) groups excluding carboxylic acids is 2. The number of anilines is 2. The fourth-order valence-corrected chi connectivity index (χ4v) is 5.27. The summed E-state index contributed by atoms with van der Waals surface area (Å²) in [7, 11) is 0. The maximum absolute atomic E-state index is 12.2. The number of nitrogens with one attached hydrogen (secondary N) is 4. The van der Waals surface area contributed by atoms with E-state index in [1.54, 1.807) is 12.1 Å². The van der Waals surface area contributed by atoms with Crippen LogP contribution in [0.4, 0.5) is 32.6 Å². The van der Waals surface area contributed by atoms with Crippen LogP contribution in [0.2, 0.25) is 0 Å². The van der Waals surface area contributed by atoms with Gasteiger partial charge in [0.15, 0.2) is 11.3 Å². The molecule has 0 radical (unpaired) electrons. The monoisotopic (exact) mass is 726 g/mol. The minimum Gasteiger partial charge on any atom is -0.449 e. The van der Waals surface area contributed by atoms with Crippen LogP contribution >= 0.6 is 0 Å². The molecule has 2 amide bonds. The number of fused-ring (bicyclic) bond motifs is 2. The second-order valence-corrected chi connectivity index (χ2v) is 12.5. The third-order valence-corrected chi connectivity index (χ3v) is 8.12. The average Bonchev–Trinajstić information content (AvgIpc) is 3.17. The van der Waals surface area contributed by atoms with Gasteiger partial charge in [-0.2, -0.15) is 10.2 Å². The smallest absolute Gasteiger partial charge is 0.412 e. The molecule has 0 bridgehead atoms. The first-order chi connectivity index (χ1) is 26.4. The highest BCUT2D eigenvalue weighted by Crippen LogP contribution is 2.20. The van der Waals surface area contributed by atoms with Crippen molar-refractivity contribution in [2.45, 2.75) is 39.8 Å². The molecule has 54 heavy (non-hydrogen) atoms. The number of carbonyl (C=O) groups is 2. The average molecular weight is 727 g/mol. The molecule has 0 saturated carbocycles. The van der Waals surface area contributed by atoms with Crippen molar-refractivity contribution < 1.29 is 19.1 Å². The first-order valence-electron chi connectivity index (χ1n) is 17.7. The Morgan fingerprint density at radius 3 is 1.37 bits per heavy atom. The molecule has 0 aliphatic rings. The molecule has 276 valence electrons. The summed E-state index contributed by atoms with van der Waals surface area (Å²) in [6.45, 7) is 7.08. The first kappa shape index (κ1) is 37.4. The Hall–Kier alpha value is -6.38. The van der Waals surface area contributed by atoms with Gasteiger partial charge in [-0.3, -0.25) is 10.6 Å². The van der Waals surface area contributed by atoms with Gasteiger partial charge in [0.25, 0.3) is 0 Å². The topological polar surface area (TPSA) is 177 Å². The van der Waals surface area contributed by atoms with Crippen LogP contribution in [0, 0.1) is 13.8 Å². The largest absolute Gasteiger partial charge is 0.449 e. The van der Waals surface area contributed by atoms with Crippen LogP contribution in [0.1, 0.15) is 35.4 Å². The third kappa shape index (κ3) is 11.6. The fraction of sp³-hybridized carbons (Fsp3) is 0.250. The van der Waals surface area contributed by atoms with Gasteiger partial charge in [-0.1, -0.05) is 24.3 Å². The van der Waals surface area contributed by atoms with Crippen LogP contribution in [-0.2, 0) is 22.6 Å². The van der Waals surface area contributed by atoms with Gasteiger partial charge in [0, 0.05) is 35.2 Å². The molecule has 2 aromatic carbocycles. The van der Waals surface area contributed by atoms with Crippen molar-refractivity contribution >= 4 is 57.3 Å². The molecule has 0 aliphatic heterocycles. The summed E-state index contributed by atoms with van der Waals surface area (Å²) in [6, 6.07) is 30.6. The van der Waals surface area contributed by atoms with E-state index in [1.807, 2.05) is 98.8 Å². The molecule has 0 unspecified atom stereocenters. The van der Waals surface area contributed by atoms with E-state index in [1.165, 1.54) is 0 Å². The van der Waals surface area contributed by atoms with E-state index < -0.39 is 12.2 Å². The Morgan fingerprint density at radius 1 is 0.537 bits per heavy atom. The van der Waals surface area contributed by atoms with Crippen LogP contribution in [0.15, 0.2) is 107 Å². The van der Waals surface area contributed by atoms with Gasteiger partial charge in [-0.25, -0.2) is 29.5 Å². The number of hydrogen-bond acceptors (Lipinski definition) is 12. The molecule has 14 nitrogen and oxygen atoms in total. The Bertz CT molecular complexity index is 2060. The Morgan fingerprint density at radius 2 is 0.944 bits per heavy atom. The summed E-state index contributed by atoms with van der Waals surface area (Å²) < 4.78 is 10.6. The van der Waals surface area contributed by atoms with Gasteiger partial charge in [0.05, 0.1) is 24.6 Å². The lowest BCUT2D eigenvalue weighted by atomic mass is 10.2. The number of aryl methyl sites for hydroxylation is 2. The highest BCUT2D eigenvalue weighted by molar-refractivity contribution is 5.86. The lowest BCUT2D eigenvalue weighted by molar-refractivity contribution is 0.159. The summed E-state index contributed by atoms with van der Waals surface area (Å²) in [6.07, 6.45) is 0.241. The molecule has 4 aromatic heterocycles. The summed E-state index contributed by atoms with van der Waals surface area (Å²) in [5.74, 6) is 0.803. The number of hydrogen-bond donors (Lipinski definition) is 4. The second kappa shape index (κ2) is 18.9. The van der Waals surface area contributed by atoms with Crippen molar-refractivity contribution in [1.82, 2.24) is 30.6 Å². The quantitative estimate of drug-likeness (QED) is 0.0563. The van der Waals surface area contributed by atoms with Gasteiger partial charge in [0.2, 0.25) is 0 Å². The second-order valence-electron chi connectivity index (χ2n) is 12.5. The number of amides is 2. The predicted molar refractivity (Wildman–Crippen MR) is 208 cm³/mol. The van der Waals surface area contributed by atoms with Gasteiger partial charge in [-0.15, -0.1) is 0 Å². The van der Waals surface area contributed by atoms with E-state index in [4.69, 9.17) is 9.47 Å². The fourth-order valence-electron chi connectivity index (χ4n) is 5.27. The molecule has 0 atom stereocenters. The van der Waals surface area contributed by atoms with Crippen LogP contribution in [0.5, 0.6) is 0 Å². The van der Waals surface area contributed by atoms with E-state index >= 15 is 0 Å². The van der Waals surface area contributed by atoms with Crippen LogP contribution in [0.25, 0.3) is 22.1 Å². The van der Waals surface area contributed by atoms with Crippen molar-refractivity contribution in [1.29, 1.82) is 0 Å². The summed E-state index contributed by atoms with van der Waals surface area (Å²) in [5.41, 5.74) is 6.61. The molecule has 4 N–H and O–H groups in total. The van der Waals surface area contributed by atoms with Crippen LogP contribution in [0.3, 0.4) is 0 Å². The lowest BCUT2D eigenvalue weighted by Gasteiger charge is -2.08. The van der Waals surface area contributed by atoms with Crippen molar-refractivity contribution in [3.8, 4) is 0 Å². The highest BCUT2D eigenvalue weighted by atomic mass is 16.6. The van der Waals surface area contributed by atoms with Gasteiger partial charge in [-0.05, 0) is 124 Å². The predicted octanol–water partition coefficient (Wildman–Crippen LogP) is 8.06. The molecule has 0 aliphatic carbocycles. The Kier molecular flexibility index (Phi) is 13.1. The Balaban J connectivity index is 0.805. The van der Waals surface area contributed by atoms with Gasteiger partial charge >= 0.3 is 12.2 Å². The summed E-state index contributed by atoms with van der Waals surface area (Å²) in [5, 5.41) is 22.6. The Labute approximate surface area is 312 Å². The van der Waals surface area contributed by atoms with Gasteiger partial charge < -0.3 is 20.1 Å². The normalized spacial score (nSPS) is 11.2. The SMILES string of the molecule is Cc1ccc2ccc(NC(=O)OCCCNCc3ccc(N=Nc4ccc(CNCCCOC(=O)Nc5ccc6ccc(C)nc6n5)cc4)cc3)nc2n1. The zero-order valence-electron chi connectivity index (χ0n) is 30.2. The molecule has 0 spiro atoms. The van der Waals surface area contributed by atoms with Gasteiger partial charge in [0.1, 0.15) is 11.6 Å².